The molecule has 1 amide bonds. The average molecular weight is 622 g/mol. The van der Waals surface area contributed by atoms with Gasteiger partial charge in [0.15, 0.2) is 0 Å². The number of amides is 1. The lowest BCUT2D eigenvalue weighted by atomic mass is 10.0. The average Bonchev–Trinajstić information content (AvgIpc) is 3.03. The van der Waals surface area contributed by atoms with E-state index >= 15 is 0 Å². The molecule has 0 radical (unpaired) electrons. The molecule has 0 aliphatic carbocycles. The fourth-order valence-corrected chi connectivity index (χ4v) is 6.18. The summed E-state index contributed by atoms with van der Waals surface area (Å²) in [6.45, 7) is 4.35. The van der Waals surface area contributed by atoms with E-state index in [4.69, 9.17) is 0 Å². The second kappa shape index (κ2) is 36.6. The summed E-state index contributed by atoms with van der Waals surface area (Å²) in [7, 11) is 0. The topological polar surface area (TPSA) is 69.6 Å². The molecular weight excluding hydrogens is 542 g/mol. The Morgan fingerprint density at radius 3 is 1.25 bits per heavy atom. The maximum absolute atomic E-state index is 12.3. The molecule has 2 atom stereocenters. The highest BCUT2D eigenvalue weighted by atomic mass is 16.3. The smallest absolute Gasteiger partial charge is 0.220 e. The number of aliphatic hydroxyl groups is 2. The zero-order valence-corrected chi connectivity index (χ0v) is 29.9. The van der Waals surface area contributed by atoms with Gasteiger partial charge in [-0.05, 0) is 38.5 Å². The molecule has 262 valence electrons. The van der Waals surface area contributed by atoms with Crippen LogP contribution in [0.4, 0.5) is 0 Å². The molecule has 0 rings (SSSR count). The Labute approximate surface area is 276 Å². The van der Waals surface area contributed by atoms with Crippen molar-refractivity contribution in [3.8, 4) is 0 Å². The highest BCUT2D eigenvalue weighted by Crippen LogP contribution is 2.15. The minimum absolute atomic E-state index is 0.0329. The van der Waals surface area contributed by atoms with Gasteiger partial charge in [-0.1, -0.05) is 187 Å². The van der Waals surface area contributed by atoms with Crippen LogP contribution in [-0.4, -0.2) is 34.9 Å². The first-order valence-corrected chi connectivity index (χ1v) is 19.9. The third kappa shape index (κ3) is 32.5. The maximum Gasteiger partial charge on any atom is 0.220 e. The van der Waals surface area contributed by atoms with E-state index < -0.39 is 12.1 Å². The van der Waals surface area contributed by atoms with Crippen LogP contribution in [0, 0.1) is 0 Å². The molecule has 2 unspecified atom stereocenters. The van der Waals surface area contributed by atoms with Gasteiger partial charge in [0.1, 0.15) is 0 Å². The highest BCUT2D eigenvalue weighted by Gasteiger charge is 2.19. The molecule has 0 saturated carbocycles. The quantitative estimate of drug-likeness (QED) is 0.0481. The summed E-state index contributed by atoms with van der Waals surface area (Å²) in [5, 5.41) is 23.1. The molecule has 0 aliphatic heterocycles. The molecule has 3 N–H and O–H groups in total. The Morgan fingerprint density at radius 1 is 0.523 bits per heavy atom. The predicted octanol–water partition coefficient (Wildman–Crippen LogP) is 11.9. The van der Waals surface area contributed by atoms with Crippen molar-refractivity contribution in [3.63, 3.8) is 0 Å². The minimum atomic E-state index is -0.655. The van der Waals surface area contributed by atoms with Crippen LogP contribution in [0.2, 0.25) is 0 Å². The van der Waals surface area contributed by atoms with Gasteiger partial charge in [0, 0.05) is 6.42 Å². The summed E-state index contributed by atoms with van der Waals surface area (Å²) >= 11 is 0. The normalized spacial score (nSPS) is 13.1. The molecular formula is C40H79NO3. The summed E-state index contributed by atoms with van der Waals surface area (Å²) in [6, 6.07) is -0.532. The maximum atomic E-state index is 12.3. The van der Waals surface area contributed by atoms with E-state index in [0.717, 1.165) is 25.7 Å². The van der Waals surface area contributed by atoms with Crippen LogP contribution in [0.15, 0.2) is 12.2 Å². The number of hydrogen-bond acceptors (Lipinski definition) is 3. The van der Waals surface area contributed by atoms with Crippen molar-refractivity contribution in [2.24, 2.45) is 0 Å². The molecule has 0 saturated heterocycles. The third-order valence-corrected chi connectivity index (χ3v) is 9.28. The van der Waals surface area contributed by atoms with Crippen molar-refractivity contribution in [1.29, 1.82) is 0 Å². The molecule has 44 heavy (non-hydrogen) atoms. The van der Waals surface area contributed by atoms with Gasteiger partial charge < -0.3 is 15.5 Å². The number of allylic oxidation sites excluding steroid dienone is 2. The monoisotopic (exact) mass is 622 g/mol. The zero-order chi connectivity index (χ0) is 32.2. The van der Waals surface area contributed by atoms with Gasteiger partial charge in [-0.25, -0.2) is 0 Å². The number of aliphatic hydroxyl groups excluding tert-OH is 2. The molecule has 4 heteroatoms. The van der Waals surface area contributed by atoms with Crippen LogP contribution in [0.3, 0.4) is 0 Å². The Morgan fingerprint density at radius 2 is 0.864 bits per heavy atom. The van der Waals surface area contributed by atoms with Crippen molar-refractivity contribution in [1.82, 2.24) is 5.32 Å². The second-order valence-corrected chi connectivity index (χ2v) is 13.7. The van der Waals surface area contributed by atoms with Crippen LogP contribution in [0.5, 0.6) is 0 Å². The van der Waals surface area contributed by atoms with Crippen molar-refractivity contribution >= 4 is 5.91 Å². The van der Waals surface area contributed by atoms with Gasteiger partial charge in [-0.2, -0.15) is 0 Å². The number of unbranched alkanes of at least 4 members (excludes halogenated alkanes) is 27. The van der Waals surface area contributed by atoms with Crippen LogP contribution < -0.4 is 5.32 Å². The van der Waals surface area contributed by atoms with Crippen molar-refractivity contribution < 1.29 is 15.0 Å². The van der Waals surface area contributed by atoms with Gasteiger partial charge in [0.2, 0.25) is 5.91 Å². The zero-order valence-electron chi connectivity index (χ0n) is 29.9. The number of hydrogen-bond donors (Lipinski definition) is 3. The standard InChI is InChI=1S/C40H79NO3/c1-3-5-7-9-11-13-15-17-18-19-20-21-22-24-26-28-30-32-34-36-40(44)41-38(37-42)39(43)35-33-31-29-27-25-23-16-14-12-10-8-6-4-2/h17-18,38-39,42-43H,3-16,19-37H2,1-2H3,(H,41,44). The van der Waals surface area contributed by atoms with Gasteiger partial charge in [0.25, 0.3) is 0 Å². The Kier molecular flexibility index (Phi) is 35.9. The van der Waals surface area contributed by atoms with E-state index in [2.05, 4.69) is 31.3 Å². The van der Waals surface area contributed by atoms with E-state index in [9.17, 15) is 15.0 Å². The van der Waals surface area contributed by atoms with Gasteiger partial charge in [0.05, 0.1) is 18.8 Å². The molecule has 0 spiro atoms. The molecule has 0 aromatic carbocycles. The molecule has 0 aliphatic rings. The van der Waals surface area contributed by atoms with Crippen LogP contribution in [0.25, 0.3) is 0 Å². The van der Waals surface area contributed by atoms with Crippen LogP contribution in [-0.2, 0) is 4.79 Å². The first-order valence-electron chi connectivity index (χ1n) is 19.9. The van der Waals surface area contributed by atoms with Crippen molar-refractivity contribution in [2.45, 2.75) is 231 Å². The number of carbonyl (C=O) groups is 1. The van der Waals surface area contributed by atoms with Gasteiger partial charge in [-0.3, -0.25) is 4.79 Å². The van der Waals surface area contributed by atoms with Crippen molar-refractivity contribution in [3.05, 3.63) is 12.2 Å². The molecule has 4 nitrogen and oxygen atoms in total. The highest BCUT2D eigenvalue weighted by molar-refractivity contribution is 5.76. The summed E-state index contributed by atoms with van der Waals surface area (Å²) in [6.07, 6.45) is 44.1. The van der Waals surface area contributed by atoms with E-state index in [-0.39, 0.29) is 12.5 Å². The summed E-state index contributed by atoms with van der Waals surface area (Å²) in [4.78, 5) is 12.3. The fraction of sp³-hybridized carbons (Fsp3) is 0.925. The SMILES string of the molecule is CCCCCCCCC=CCCCCCCCCCCCC(=O)NC(CO)C(O)CCCCCCCCCCCCCCC. The molecule has 0 fully saturated rings. The minimum Gasteiger partial charge on any atom is -0.394 e. The fourth-order valence-electron chi connectivity index (χ4n) is 6.18. The Bertz CT molecular complexity index is 593. The Balaban J connectivity index is 3.52. The summed E-state index contributed by atoms with van der Waals surface area (Å²) < 4.78 is 0. The van der Waals surface area contributed by atoms with Gasteiger partial charge >= 0.3 is 0 Å². The molecule has 0 heterocycles. The van der Waals surface area contributed by atoms with E-state index in [0.29, 0.717) is 12.8 Å². The Hall–Kier alpha value is -0.870. The van der Waals surface area contributed by atoms with E-state index in [1.165, 1.54) is 167 Å². The lowest BCUT2D eigenvalue weighted by Crippen LogP contribution is -2.45. The van der Waals surface area contributed by atoms with Crippen molar-refractivity contribution in [2.75, 3.05) is 6.61 Å². The summed E-state index contributed by atoms with van der Waals surface area (Å²) in [5.41, 5.74) is 0. The molecule has 0 aromatic heterocycles. The van der Waals surface area contributed by atoms with Crippen LogP contribution >= 0.6 is 0 Å². The summed E-state index contributed by atoms with van der Waals surface area (Å²) in [5.74, 6) is -0.0329. The number of carbonyl (C=O) groups excluding carboxylic acids is 1. The van der Waals surface area contributed by atoms with Crippen LogP contribution in [0.1, 0.15) is 219 Å². The second-order valence-electron chi connectivity index (χ2n) is 13.7. The largest absolute Gasteiger partial charge is 0.394 e. The number of nitrogens with one attached hydrogen (secondary N) is 1. The first-order chi connectivity index (χ1) is 21.7. The van der Waals surface area contributed by atoms with E-state index in [1.54, 1.807) is 0 Å². The number of rotatable bonds is 36. The van der Waals surface area contributed by atoms with E-state index in [1.807, 2.05) is 0 Å². The first kappa shape index (κ1) is 43.1. The third-order valence-electron chi connectivity index (χ3n) is 9.28. The molecule has 0 bridgehead atoms. The lowest BCUT2D eigenvalue weighted by Gasteiger charge is -2.22. The van der Waals surface area contributed by atoms with Gasteiger partial charge in [-0.15, -0.1) is 0 Å². The predicted molar refractivity (Wildman–Crippen MR) is 193 cm³/mol. The molecule has 0 aromatic rings. The lowest BCUT2D eigenvalue weighted by molar-refractivity contribution is -0.123.